The molecule has 82 valence electrons. The first kappa shape index (κ1) is 11.8. The first-order chi connectivity index (χ1) is 6.72. The number of piperazine rings is 1. The number of nitrogens with zero attached hydrogens (tertiary/aromatic N) is 2. The van der Waals surface area contributed by atoms with Crippen LogP contribution >= 0.6 is 11.8 Å². The molecule has 1 N–H and O–H groups in total. The number of hydrogen-bond donors (Lipinski definition) is 1. The number of rotatable bonds is 5. The SMILES string of the molecule is CSCCN1CCN(CC(=O)O)CC1. The smallest absolute Gasteiger partial charge is 0.317 e. The maximum absolute atomic E-state index is 10.5. The molecule has 0 aromatic carbocycles. The van der Waals surface area contributed by atoms with Crippen molar-refractivity contribution in [1.29, 1.82) is 0 Å². The van der Waals surface area contributed by atoms with Crippen LogP contribution in [0.2, 0.25) is 0 Å². The van der Waals surface area contributed by atoms with E-state index in [1.807, 2.05) is 16.7 Å². The minimum absolute atomic E-state index is 0.191. The molecule has 0 aromatic heterocycles. The second kappa shape index (κ2) is 6.27. The summed E-state index contributed by atoms with van der Waals surface area (Å²) in [6.07, 6.45) is 2.11. The van der Waals surface area contributed by atoms with Crippen molar-refractivity contribution in [3.63, 3.8) is 0 Å². The van der Waals surface area contributed by atoms with Crippen LogP contribution in [0.25, 0.3) is 0 Å². The monoisotopic (exact) mass is 218 g/mol. The number of carboxylic acid groups (broad SMARTS) is 1. The molecule has 0 unspecified atom stereocenters. The molecule has 1 aliphatic heterocycles. The van der Waals surface area contributed by atoms with Crippen LogP contribution in [0.5, 0.6) is 0 Å². The van der Waals surface area contributed by atoms with E-state index in [0.29, 0.717) is 0 Å². The van der Waals surface area contributed by atoms with E-state index in [-0.39, 0.29) is 6.54 Å². The lowest BCUT2D eigenvalue weighted by Gasteiger charge is -2.33. The van der Waals surface area contributed by atoms with Crippen LogP contribution in [-0.2, 0) is 4.79 Å². The van der Waals surface area contributed by atoms with Crippen LogP contribution in [0.3, 0.4) is 0 Å². The van der Waals surface area contributed by atoms with Crippen LogP contribution in [0.15, 0.2) is 0 Å². The molecule has 1 rings (SSSR count). The Kier molecular flexibility index (Phi) is 5.29. The Balaban J connectivity index is 2.14. The first-order valence-electron chi connectivity index (χ1n) is 4.88. The third kappa shape index (κ3) is 4.30. The fraction of sp³-hybridized carbons (Fsp3) is 0.889. The number of carboxylic acids is 1. The van der Waals surface area contributed by atoms with Crippen molar-refractivity contribution in [2.45, 2.75) is 0 Å². The molecule has 0 bridgehead atoms. The Morgan fingerprint density at radius 1 is 1.29 bits per heavy atom. The normalized spacial score (nSPS) is 19.8. The molecule has 0 radical (unpaired) electrons. The lowest BCUT2D eigenvalue weighted by molar-refractivity contribution is -0.138. The van der Waals surface area contributed by atoms with Crippen LogP contribution < -0.4 is 0 Å². The molecule has 1 saturated heterocycles. The largest absolute Gasteiger partial charge is 0.480 e. The third-order valence-corrected chi connectivity index (χ3v) is 3.03. The van der Waals surface area contributed by atoms with Gasteiger partial charge in [-0.05, 0) is 6.26 Å². The highest BCUT2D eigenvalue weighted by Gasteiger charge is 2.17. The zero-order valence-corrected chi connectivity index (χ0v) is 9.42. The second-order valence-corrected chi connectivity index (χ2v) is 4.49. The number of aliphatic carboxylic acids is 1. The molecular weight excluding hydrogens is 200 g/mol. The van der Waals surface area contributed by atoms with Crippen molar-refractivity contribution in [2.24, 2.45) is 0 Å². The van der Waals surface area contributed by atoms with Crippen molar-refractivity contribution in [2.75, 3.05) is 51.3 Å². The lowest BCUT2D eigenvalue weighted by Crippen LogP contribution is -2.48. The predicted molar refractivity (Wildman–Crippen MR) is 58.9 cm³/mol. The molecule has 0 aromatic rings. The van der Waals surface area contributed by atoms with Crippen molar-refractivity contribution in [3.8, 4) is 0 Å². The Morgan fingerprint density at radius 3 is 2.36 bits per heavy atom. The Bertz CT molecular complexity index is 182. The summed E-state index contributed by atoms with van der Waals surface area (Å²) in [5.74, 6) is 0.446. The summed E-state index contributed by atoms with van der Waals surface area (Å²) in [4.78, 5) is 14.9. The zero-order chi connectivity index (χ0) is 10.4. The molecule has 4 nitrogen and oxygen atoms in total. The van der Waals surface area contributed by atoms with Gasteiger partial charge in [0.05, 0.1) is 6.54 Å². The third-order valence-electron chi connectivity index (χ3n) is 2.44. The van der Waals surface area contributed by atoms with Crippen LogP contribution in [0.4, 0.5) is 0 Å². The maximum Gasteiger partial charge on any atom is 0.317 e. The summed E-state index contributed by atoms with van der Waals surface area (Å²) < 4.78 is 0. The van der Waals surface area contributed by atoms with E-state index in [4.69, 9.17) is 5.11 Å². The maximum atomic E-state index is 10.5. The number of thioether (sulfide) groups is 1. The summed E-state index contributed by atoms with van der Waals surface area (Å²) in [7, 11) is 0. The van der Waals surface area contributed by atoms with Crippen LogP contribution in [0.1, 0.15) is 0 Å². The van der Waals surface area contributed by atoms with Crippen molar-refractivity contribution in [3.05, 3.63) is 0 Å². The van der Waals surface area contributed by atoms with Gasteiger partial charge in [-0.25, -0.2) is 0 Å². The van der Waals surface area contributed by atoms with E-state index in [2.05, 4.69) is 11.2 Å². The van der Waals surface area contributed by atoms with Gasteiger partial charge in [0.15, 0.2) is 0 Å². The van der Waals surface area contributed by atoms with Gasteiger partial charge in [-0.3, -0.25) is 14.6 Å². The van der Waals surface area contributed by atoms with Gasteiger partial charge in [-0.15, -0.1) is 0 Å². The topological polar surface area (TPSA) is 43.8 Å². The minimum Gasteiger partial charge on any atom is -0.480 e. The molecular formula is C9H18N2O2S. The summed E-state index contributed by atoms with van der Waals surface area (Å²) in [5, 5.41) is 8.61. The highest BCUT2D eigenvalue weighted by molar-refractivity contribution is 7.98. The molecule has 0 aliphatic carbocycles. The van der Waals surface area contributed by atoms with E-state index in [1.54, 1.807) is 0 Å². The van der Waals surface area contributed by atoms with Crippen LogP contribution in [0, 0.1) is 0 Å². The average molecular weight is 218 g/mol. The predicted octanol–water partition coefficient (Wildman–Crippen LogP) is 0.0516. The average Bonchev–Trinajstić information content (AvgIpc) is 2.16. The van der Waals surface area contributed by atoms with Crippen molar-refractivity contribution in [1.82, 2.24) is 9.80 Å². The van der Waals surface area contributed by atoms with Crippen molar-refractivity contribution < 1.29 is 9.90 Å². The fourth-order valence-corrected chi connectivity index (χ4v) is 2.02. The second-order valence-electron chi connectivity index (χ2n) is 3.50. The van der Waals surface area contributed by atoms with Gasteiger partial charge in [0, 0.05) is 38.5 Å². The Morgan fingerprint density at radius 2 is 1.86 bits per heavy atom. The van der Waals surface area contributed by atoms with Gasteiger partial charge >= 0.3 is 5.97 Å². The van der Waals surface area contributed by atoms with E-state index in [9.17, 15) is 4.79 Å². The quantitative estimate of drug-likeness (QED) is 0.706. The molecule has 0 atom stereocenters. The van der Waals surface area contributed by atoms with Gasteiger partial charge in [0.2, 0.25) is 0 Å². The van der Waals surface area contributed by atoms with Gasteiger partial charge < -0.3 is 5.11 Å². The first-order valence-corrected chi connectivity index (χ1v) is 6.27. The molecule has 1 heterocycles. The summed E-state index contributed by atoms with van der Waals surface area (Å²) in [6.45, 7) is 5.11. The lowest BCUT2D eigenvalue weighted by atomic mass is 10.3. The number of hydrogen-bond acceptors (Lipinski definition) is 4. The summed E-state index contributed by atoms with van der Waals surface area (Å²) in [6, 6.07) is 0. The summed E-state index contributed by atoms with van der Waals surface area (Å²) in [5.41, 5.74) is 0. The Labute approximate surface area is 89.3 Å². The van der Waals surface area contributed by atoms with Crippen molar-refractivity contribution >= 4 is 17.7 Å². The summed E-state index contributed by atoms with van der Waals surface area (Å²) >= 11 is 1.86. The van der Waals surface area contributed by atoms with Gasteiger partial charge in [-0.1, -0.05) is 0 Å². The molecule has 1 aliphatic rings. The molecule has 0 amide bonds. The van der Waals surface area contributed by atoms with E-state index < -0.39 is 5.97 Å². The zero-order valence-electron chi connectivity index (χ0n) is 8.61. The van der Waals surface area contributed by atoms with Gasteiger partial charge in [0.1, 0.15) is 0 Å². The molecule has 14 heavy (non-hydrogen) atoms. The molecule has 0 saturated carbocycles. The van der Waals surface area contributed by atoms with E-state index in [1.165, 1.54) is 5.75 Å². The molecule has 5 heteroatoms. The van der Waals surface area contributed by atoms with Gasteiger partial charge in [0.25, 0.3) is 0 Å². The Hall–Kier alpha value is -0.260. The number of carbonyl (C=O) groups is 1. The van der Waals surface area contributed by atoms with Gasteiger partial charge in [-0.2, -0.15) is 11.8 Å². The molecule has 0 spiro atoms. The minimum atomic E-state index is -0.720. The fourth-order valence-electron chi connectivity index (χ4n) is 1.58. The van der Waals surface area contributed by atoms with E-state index >= 15 is 0 Å². The van der Waals surface area contributed by atoms with E-state index in [0.717, 1.165) is 32.7 Å². The van der Waals surface area contributed by atoms with Crippen LogP contribution in [-0.4, -0.2) is 72.2 Å². The molecule has 1 fully saturated rings. The standard InChI is InChI=1S/C9H18N2O2S/c1-14-7-6-10-2-4-11(5-3-10)8-9(12)13/h2-8H2,1H3,(H,12,13). The highest BCUT2D eigenvalue weighted by atomic mass is 32.2. The highest BCUT2D eigenvalue weighted by Crippen LogP contribution is 2.02.